The van der Waals surface area contributed by atoms with Crippen molar-refractivity contribution >= 4 is 16.0 Å². The van der Waals surface area contributed by atoms with Crippen molar-refractivity contribution in [3.63, 3.8) is 0 Å². The van der Waals surface area contributed by atoms with Crippen LogP contribution in [0.4, 0.5) is 4.39 Å². The zero-order valence-corrected chi connectivity index (χ0v) is 13.0. The molecule has 0 aromatic heterocycles. The number of halogens is 1. The lowest BCUT2D eigenvalue weighted by atomic mass is 10.1. The molecule has 0 aliphatic carbocycles. The molecule has 2 N–H and O–H groups in total. The van der Waals surface area contributed by atoms with Gasteiger partial charge in [-0.2, -0.15) is 0 Å². The number of aliphatic carboxylic acids is 1. The molecule has 122 valence electrons. The van der Waals surface area contributed by atoms with E-state index in [-0.39, 0.29) is 10.9 Å². The summed E-state index contributed by atoms with van der Waals surface area (Å²) in [6.07, 6.45) is 1.32. The number of hydrogen-bond acceptors (Lipinski definition) is 4. The van der Waals surface area contributed by atoms with Crippen LogP contribution in [0.5, 0.6) is 0 Å². The van der Waals surface area contributed by atoms with E-state index in [0.29, 0.717) is 25.9 Å². The second-order valence-corrected chi connectivity index (χ2v) is 7.14. The van der Waals surface area contributed by atoms with E-state index < -0.39 is 27.9 Å². The Morgan fingerprint density at radius 1 is 1.50 bits per heavy atom. The minimum absolute atomic E-state index is 0.129. The van der Waals surface area contributed by atoms with E-state index in [2.05, 4.69) is 4.72 Å². The van der Waals surface area contributed by atoms with Crippen LogP contribution in [-0.4, -0.2) is 49.6 Å². The number of rotatable bonds is 5. The molecule has 0 amide bonds. The number of likely N-dealkylation sites (tertiary alicyclic amines) is 1. The van der Waals surface area contributed by atoms with Crippen molar-refractivity contribution in [2.75, 3.05) is 13.1 Å². The molecule has 2 rings (SSSR count). The summed E-state index contributed by atoms with van der Waals surface area (Å²) < 4.78 is 40.2. The van der Waals surface area contributed by atoms with Crippen LogP contribution in [0.25, 0.3) is 0 Å². The highest BCUT2D eigenvalue weighted by Crippen LogP contribution is 2.17. The monoisotopic (exact) mass is 330 g/mol. The fourth-order valence-corrected chi connectivity index (χ4v) is 3.82. The molecule has 0 bridgehead atoms. The molecule has 2 unspecified atom stereocenters. The second-order valence-electron chi connectivity index (χ2n) is 5.43. The van der Waals surface area contributed by atoms with Crippen molar-refractivity contribution in [1.82, 2.24) is 9.62 Å². The van der Waals surface area contributed by atoms with Crippen molar-refractivity contribution in [1.29, 1.82) is 0 Å². The predicted molar refractivity (Wildman–Crippen MR) is 78.4 cm³/mol. The van der Waals surface area contributed by atoms with Gasteiger partial charge in [0, 0.05) is 12.6 Å². The molecule has 0 radical (unpaired) electrons. The minimum atomic E-state index is -3.82. The van der Waals surface area contributed by atoms with Crippen molar-refractivity contribution < 1.29 is 22.7 Å². The van der Waals surface area contributed by atoms with Gasteiger partial charge < -0.3 is 5.11 Å². The molecule has 1 fully saturated rings. The number of carbonyl (C=O) groups is 1. The van der Waals surface area contributed by atoms with E-state index in [4.69, 9.17) is 5.11 Å². The summed E-state index contributed by atoms with van der Waals surface area (Å²) in [7, 11) is -3.82. The van der Waals surface area contributed by atoms with E-state index in [0.717, 1.165) is 6.07 Å². The second kappa shape index (κ2) is 6.72. The molecule has 1 heterocycles. The molecule has 8 heteroatoms. The van der Waals surface area contributed by atoms with Crippen LogP contribution in [0.15, 0.2) is 29.2 Å². The normalized spacial score (nSPS) is 21.5. The molecule has 1 aliphatic rings. The number of sulfonamides is 1. The van der Waals surface area contributed by atoms with Gasteiger partial charge in [-0.15, -0.1) is 0 Å². The van der Waals surface area contributed by atoms with Crippen LogP contribution in [0.3, 0.4) is 0 Å². The van der Waals surface area contributed by atoms with Gasteiger partial charge in [-0.3, -0.25) is 9.69 Å². The zero-order valence-electron chi connectivity index (χ0n) is 12.2. The van der Waals surface area contributed by atoms with Crippen molar-refractivity contribution in [3.8, 4) is 0 Å². The van der Waals surface area contributed by atoms with Crippen LogP contribution in [-0.2, 0) is 14.8 Å². The number of nitrogens with zero attached hydrogens (tertiary/aromatic N) is 1. The van der Waals surface area contributed by atoms with E-state index in [1.165, 1.54) is 18.2 Å². The fourth-order valence-electron chi connectivity index (χ4n) is 2.53. The first-order valence-electron chi connectivity index (χ1n) is 7.04. The summed E-state index contributed by atoms with van der Waals surface area (Å²) >= 11 is 0. The summed E-state index contributed by atoms with van der Waals surface area (Å²) in [4.78, 5) is 12.6. The number of benzene rings is 1. The van der Waals surface area contributed by atoms with E-state index >= 15 is 0 Å². The molecule has 1 aliphatic heterocycles. The summed E-state index contributed by atoms with van der Waals surface area (Å²) in [6, 6.07) is 3.75. The van der Waals surface area contributed by atoms with Crippen molar-refractivity contribution in [3.05, 3.63) is 30.1 Å². The number of carboxylic acids is 1. The predicted octanol–water partition coefficient (Wildman–Crippen LogP) is 1.04. The Morgan fingerprint density at radius 3 is 2.86 bits per heavy atom. The summed E-state index contributed by atoms with van der Waals surface area (Å²) in [6.45, 7) is 2.51. The minimum Gasteiger partial charge on any atom is -0.480 e. The van der Waals surface area contributed by atoms with Crippen molar-refractivity contribution in [2.45, 2.75) is 36.7 Å². The zero-order chi connectivity index (χ0) is 16.3. The first-order valence-corrected chi connectivity index (χ1v) is 8.52. The highest BCUT2D eigenvalue weighted by Gasteiger charge is 2.29. The summed E-state index contributed by atoms with van der Waals surface area (Å²) in [5.74, 6) is -1.55. The Balaban J connectivity index is 2.08. The maximum absolute atomic E-state index is 13.2. The van der Waals surface area contributed by atoms with Crippen molar-refractivity contribution in [2.24, 2.45) is 0 Å². The van der Waals surface area contributed by atoms with Gasteiger partial charge in [0.15, 0.2) is 0 Å². The smallest absolute Gasteiger partial charge is 0.320 e. The van der Waals surface area contributed by atoms with Gasteiger partial charge in [-0.1, -0.05) is 6.07 Å². The highest BCUT2D eigenvalue weighted by atomic mass is 32.2. The Labute approximate surface area is 129 Å². The molecule has 1 aromatic rings. The molecule has 22 heavy (non-hydrogen) atoms. The van der Waals surface area contributed by atoms with Gasteiger partial charge in [0.25, 0.3) is 0 Å². The number of carboxylic acid groups (broad SMARTS) is 1. The van der Waals surface area contributed by atoms with Crippen LogP contribution in [0.2, 0.25) is 0 Å². The lowest BCUT2D eigenvalue weighted by Gasteiger charge is -2.35. The Hall–Kier alpha value is -1.51. The Kier molecular flexibility index (Phi) is 5.15. The number of hydrogen-bond donors (Lipinski definition) is 2. The molecular formula is C14H19FN2O4S. The third-order valence-corrected chi connectivity index (χ3v) is 5.30. The van der Waals surface area contributed by atoms with Crippen LogP contribution >= 0.6 is 0 Å². The first kappa shape index (κ1) is 16.9. The quantitative estimate of drug-likeness (QED) is 0.842. The van der Waals surface area contributed by atoms with Crippen LogP contribution < -0.4 is 4.72 Å². The summed E-state index contributed by atoms with van der Waals surface area (Å²) in [5.41, 5.74) is 0. The van der Waals surface area contributed by atoms with Gasteiger partial charge in [-0.05, 0) is 44.5 Å². The van der Waals surface area contributed by atoms with Crippen LogP contribution in [0, 0.1) is 5.82 Å². The molecule has 1 aromatic carbocycles. The standard InChI is InChI=1S/C14H19FN2O4S/c1-10(14(18)19)17-7-3-5-12(9-17)16-22(20,21)13-6-2-4-11(15)8-13/h2,4,6,8,10,12,16H,3,5,7,9H2,1H3,(H,18,19). The lowest BCUT2D eigenvalue weighted by molar-refractivity contribution is -0.143. The molecule has 0 spiro atoms. The average molecular weight is 330 g/mol. The average Bonchev–Trinajstić information content (AvgIpc) is 2.46. The molecule has 0 saturated carbocycles. The lowest BCUT2D eigenvalue weighted by Crippen LogP contribution is -2.52. The maximum atomic E-state index is 13.2. The van der Waals surface area contributed by atoms with Gasteiger partial charge >= 0.3 is 5.97 Å². The number of piperidine rings is 1. The third-order valence-electron chi connectivity index (χ3n) is 3.79. The molecule has 1 saturated heterocycles. The fraction of sp³-hybridized carbons (Fsp3) is 0.500. The van der Waals surface area contributed by atoms with E-state index in [1.807, 2.05) is 0 Å². The first-order chi connectivity index (χ1) is 10.3. The molecule has 6 nitrogen and oxygen atoms in total. The Morgan fingerprint density at radius 2 is 2.23 bits per heavy atom. The largest absolute Gasteiger partial charge is 0.480 e. The van der Waals surface area contributed by atoms with Gasteiger partial charge in [-0.25, -0.2) is 17.5 Å². The van der Waals surface area contributed by atoms with E-state index in [9.17, 15) is 17.6 Å². The highest BCUT2D eigenvalue weighted by molar-refractivity contribution is 7.89. The van der Waals surface area contributed by atoms with Gasteiger partial charge in [0.05, 0.1) is 4.90 Å². The van der Waals surface area contributed by atoms with E-state index in [1.54, 1.807) is 11.8 Å². The maximum Gasteiger partial charge on any atom is 0.320 e. The topological polar surface area (TPSA) is 86.7 Å². The SMILES string of the molecule is CC(C(=O)O)N1CCCC(NS(=O)(=O)c2cccc(F)c2)C1. The Bertz CT molecular complexity index is 650. The number of nitrogens with one attached hydrogen (secondary N) is 1. The van der Waals surface area contributed by atoms with Gasteiger partial charge in [0.1, 0.15) is 11.9 Å². The third kappa shape index (κ3) is 4.02. The molecular weight excluding hydrogens is 311 g/mol. The van der Waals surface area contributed by atoms with Crippen LogP contribution in [0.1, 0.15) is 19.8 Å². The summed E-state index contributed by atoms with van der Waals surface area (Å²) in [5, 5.41) is 9.04. The van der Waals surface area contributed by atoms with Gasteiger partial charge in [0.2, 0.25) is 10.0 Å². The molecule has 2 atom stereocenters.